The summed E-state index contributed by atoms with van der Waals surface area (Å²) in [6, 6.07) is 4.64. The molecule has 3 N–H and O–H groups in total. The molecule has 0 fully saturated rings. The minimum absolute atomic E-state index is 0.0683. The zero-order valence-corrected chi connectivity index (χ0v) is 9.97. The van der Waals surface area contributed by atoms with Gasteiger partial charge in [0.15, 0.2) is 6.10 Å². The molecule has 1 aromatic rings. The van der Waals surface area contributed by atoms with E-state index in [4.69, 9.17) is 15.2 Å². The number of phenols is 1. The Morgan fingerprint density at radius 1 is 1.47 bits per heavy atom. The van der Waals surface area contributed by atoms with Gasteiger partial charge in [0.1, 0.15) is 17.2 Å². The summed E-state index contributed by atoms with van der Waals surface area (Å²) >= 11 is 0. The maximum absolute atomic E-state index is 11.5. The van der Waals surface area contributed by atoms with E-state index in [-0.39, 0.29) is 17.2 Å². The van der Waals surface area contributed by atoms with E-state index in [9.17, 15) is 9.90 Å². The van der Waals surface area contributed by atoms with Crippen molar-refractivity contribution in [2.24, 2.45) is 0 Å². The largest absolute Gasteiger partial charge is 0.506 e. The summed E-state index contributed by atoms with van der Waals surface area (Å²) in [5.74, 6) is -0.219. The summed E-state index contributed by atoms with van der Waals surface area (Å²) in [4.78, 5) is 11.5. The third kappa shape index (κ3) is 3.27. The van der Waals surface area contributed by atoms with Crippen molar-refractivity contribution < 1.29 is 19.4 Å². The first-order valence-electron chi connectivity index (χ1n) is 5.50. The molecule has 1 rings (SSSR count). The van der Waals surface area contributed by atoms with Crippen LogP contribution in [0.15, 0.2) is 18.2 Å². The highest BCUT2D eigenvalue weighted by atomic mass is 16.6. The van der Waals surface area contributed by atoms with Crippen LogP contribution in [0.4, 0.5) is 5.69 Å². The van der Waals surface area contributed by atoms with Gasteiger partial charge in [0.25, 0.3) is 0 Å². The Morgan fingerprint density at radius 3 is 2.76 bits per heavy atom. The van der Waals surface area contributed by atoms with E-state index in [1.807, 2.05) is 0 Å². The van der Waals surface area contributed by atoms with E-state index in [0.29, 0.717) is 13.0 Å². The fraction of sp³-hybridized carbons (Fsp3) is 0.417. The van der Waals surface area contributed by atoms with Crippen LogP contribution in [-0.2, 0) is 9.53 Å². The van der Waals surface area contributed by atoms with E-state index in [1.54, 1.807) is 26.0 Å². The molecule has 0 amide bonds. The van der Waals surface area contributed by atoms with E-state index in [1.165, 1.54) is 6.07 Å². The SMILES string of the molecule is CCOC(=O)C(CC)Oc1cccc(O)c1N. The van der Waals surface area contributed by atoms with Gasteiger partial charge in [-0.2, -0.15) is 0 Å². The van der Waals surface area contributed by atoms with Gasteiger partial charge in [0, 0.05) is 0 Å². The number of nitrogens with two attached hydrogens (primary N) is 1. The Bertz CT molecular complexity index is 392. The quantitative estimate of drug-likeness (QED) is 0.464. The van der Waals surface area contributed by atoms with Gasteiger partial charge in [0.05, 0.1) is 6.61 Å². The van der Waals surface area contributed by atoms with E-state index in [2.05, 4.69) is 0 Å². The van der Waals surface area contributed by atoms with Crippen molar-refractivity contribution in [3.05, 3.63) is 18.2 Å². The highest BCUT2D eigenvalue weighted by molar-refractivity contribution is 5.75. The lowest BCUT2D eigenvalue weighted by Crippen LogP contribution is -2.28. The van der Waals surface area contributed by atoms with Crippen LogP contribution in [0.3, 0.4) is 0 Å². The molecule has 0 aromatic heterocycles. The number of aromatic hydroxyl groups is 1. The van der Waals surface area contributed by atoms with Crippen molar-refractivity contribution in [1.29, 1.82) is 0 Å². The number of ether oxygens (including phenoxy) is 2. The van der Waals surface area contributed by atoms with Crippen LogP contribution in [0, 0.1) is 0 Å². The zero-order chi connectivity index (χ0) is 12.8. The molecule has 0 radical (unpaired) electrons. The molecule has 94 valence electrons. The third-order valence-corrected chi connectivity index (χ3v) is 2.23. The first kappa shape index (κ1) is 13.2. The molecule has 0 spiro atoms. The molecule has 17 heavy (non-hydrogen) atoms. The fourth-order valence-corrected chi connectivity index (χ4v) is 1.32. The lowest BCUT2D eigenvalue weighted by molar-refractivity contribution is -0.151. The first-order chi connectivity index (χ1) is 8.10. The molecule has 0 heterocycles. The maximum atomic E-state index is 11.5. The Kier molecular flexibility index (Phi) is 4.63. The van der Waals surface area contributed by atoms with Crippen molar-refractivity contribution in [3.8, 4) is 11.5 Å². The number of hydrogen-bond acceptors (Lipinski definition) is 5. The first-order valence-corrected chi connectivity index (χ1v) is 5.50. The van der Waals surface area contributed by atoms with Crippen LogP contribution in [0.5, 0.6) is 11.5 Å². The molecule has 0 aliphatic rings. The number of carbonyl (C=O) groups is 1. The fourth-order valence-electron chi connectivity index (χ4n) is 1.32. The molecule has 0 aliphatic heterocycles. The highest BCUT2D eigenvalue weighted by Gasteiger charge is 2.20. The van der Waals surface area contributed by atoms with E-state index >= 15 is 0 Å². The summed E-state index contributed by atoms with van der Waals surface area (Å²) in [7, 11) is 0. The second-order valence-electron chi connectivity index (χ2n) is 3.46. The topological polar surface area (TPSA) is 81.8 Å². The molecule has 0 saturated carbocycles. The maximum Gasteiger partial charge on any atom is 0.347 e. The van der Waals surface area contributed by atoms with Gasteiger partial charge in [-0.15, -0.1) is 0 Å². The predicted octanol–water partition coefficient (Wildman–Crippen LogP) is 1.69. The molecule has 5 nitrogen and oxygen atoms in total. The second kappa shape index (κ2) is 5.98. The molecular weight excluding hydrogens is 222 g/mol. The van der Waals surface area contributed by atoms with Crippen LogP contribution in [0.1, 0.15) is 20.3 Å². The number of rotatable bonds is 5. The van der Waals surface area contributed by atoms with Crippen LogP contribution in [0.25, 0.3) is 0 Å². The van der Waals surface area contributed by atoms with Crippen molar-refractivity contribution in [2.45, 2.75) is 26.4 Å². The van der Waals surface area contributed by atoms with Gasteiger partial charge in [-0.1, -0.05) is 13.0 Å². The van der Waals surface area contributed by atoms with Crippen LogP contribution in [0.2, 0.25) is 0 Å². The Hall–Kier alpha value is -1.91. The summed E-state index contributed by atoms with van der Waals surface area (Å²) in [6.45, 7) is 3.84. The number of para-hydroxylation sites is 1. The van der Waals surface area contributed by atoms with Crippen LogP contribution in [-0.4, -0.2) is 23.8 Å². The smallest absolute Gasteiger partial charge is 0.347 e. The molecular formula is C12H17NO4. The van der Waals surface area contributed by atoms with Gasteiger partial charge in [-0.3, -0.25) is 0 Å². The average Bonchev–Trinajstić information content (AvgIpc) is 2.31. The normalized spacial score (nSPS) is 11.9. The number of nitrogen functional groups attached to an aromatic ring is 1. The number of benzene rings is 1. The highest BCUT2D eigenvalue weighted by Crippen LogP contribution is 2.31. The van der Waals surface area contributed by atoms with E-state index in [0.717, 1.165) is 0 Å². The van der Waals surface area contributed by atoms with Crippen molar-refractivity contribution in [2.75, 3.05) is 12.3 Å². The number of phenolic OH excluding ortho intramolecular Hbond substituents is 1. The molecule has 0 bridgehead atoms. The Morgan fingerprint density at radius 2 is 2.18 bits per heavy atom. The molecule has 1 atom stereocenters. The van der Waals surface area contributed by atoms with E-state index < -0.39 is 12.1 Å². The molecule has 0 aliphatic carbocycles. The van der Waals surface area contributed by atoms with Crippen LogP contribution >= 0.6 is 0 Å². The third-order valence-electron chi connectivity index (χ3n) is 2.23. The van der Waals surface area contributed by atoms with Gasteiger partial charge >= 0.3 is 5.97 Å². The minimum atomic E-state index is -0.709. The number of carbonyl (C=O) groups excluding carboxylic acids is 1. The molecule has 1 aromatic carbocycles. The summed E-state index contributed by atoms with van der Waals surface area (Å²) in [5, 5.41) is 9.41. The molecule has 1 unspecified atom stereocenters. The summed E-state index contributed by atoms with van der Waals surface area (Å²) in [5.41, 5.74) is 5.75. The van der Waals surface area contributed by atoms with Gasteiger partial charge in [-0.05, 0) is 25.5 Å². The standard InChI is InChI=1S/C12H17NO4/c1-3-9(12(15)16-4-2)17-10-7-5-6-8(14)11(10)13/h5-7,9,14H,3-4,13H2,1-2H3. The van der Waals surface area contributed by atoms with Gasteiger partial charge < -0.3 is 20.3 Å². The monoisotopic (exact) mass is 239 g/mol. The zero-order valence-electron chi connectivity index (χ0n) is 9.97. The Labute approximate surface area is 100 Å². The lowest BCUT2D eigenvalue weighted by Gasteiger charge is -2.17. The predicted molar refractivity (Wildman–Crippen MR) is 63.9 cm³/mol. The lowest BCUT2D eigenvalue weighted by atomic mass is 10.2. The van der Waals surface area contributed by atoms with Gasteiger partial charge in [0.2, 0.25) is 0 Å². The average molecular weight is 239 g/mol. The van der Waals surface area contributed by atoms with Crippen molar-refractivity contribution >= 4 is 11.7 Å². The number of anilines is 1. The number of hydrogen-bond donors (Lipinski definition) is 2. The second-order valence-corrected chi connectivity index (χ2v) is 3.46. The Balaban J connectivity index is 2.80. The number of esters is 1. The van der Waals surface area contributed by atoms with Crippen molar-refractivity contribution in [1.82, 2.24) is 0 Å². The molecule has 5 heteroatoms. The minimum Gasteiger partial charge on any atom is -0.506 e. The summed E-state index contributed by atoms with van der Waals surface area (Å²) in [6.07, 6.45) is -0.243. The summed E-state index contributed by atoms with van der Waals surface area (Å²) < 4.78 is 10.3. The molecule has 0 saturated heterocycles. The van der Waals surface area contributed by atoms with Crippen LogP contribution < -0.4 is 10.5 Å². The van der Waals surface area contributed by atoms with Gasteiger partial charge in [-0.25, -0.2) is 4.79 Å². The van der Waals surface area contributed by atoms with Crippen molar-refractivity contribution in [3.63, 3.8) is 0 Å².